The third-order valence-corrected chi connectivity index (χ3v) is 6.37. The largest absolute Gasteiger partial charge is 0.294 e. The fourth-order valence-corrected chi connectivity index (χ4v) is 4.65. The van der Waals surface area contributed by atoms with Gasteiger partial charge in [-0.15, -0.1) is 0 Å². The van der Waals surface area contributed by atoms with Crippen molar-refractivity contribution < 1.29 is 8.42 Å². The number of sulfonamides is 1. The summed E-state index contributed by atoms with van der Waals surface area (Å²) in [6.45, 7) is 9.17. The molecule has 4 nitrogen and oxygen atoms in total. The summed E-state index contributed by atoms with van der Waals surface area (Å²) < 4.78 is 28.0. The maximum Gasteiger partial charge on any atom is 0.211 e. The predicted molar refractivity (Wildman–Crippen MR) is 99.1 cm³/mol. The molecule has 2 rings (SSSR count). The third-order valence-electron chi connectivity index (χ3n) is 4.45. The molecule has 0 bridgehead atoms. The minimum atomic E-state index is -3.19. The second-order valence-corrected chi connectivity index (χ2v) is 10.1. The Labute approximate surface area is 148 Å². The average Bonchev–Trinajstić information content (AvgIpc) is 2.81. The van der Waals surface area contributed by atoms with Gasteiger partial charge in [0, 0.05) is 28.6 Å². The van der Waals surface area contributed by atoms with Crippen LogP contribution < -0.4 is 4.72 Å². The van der Waals surface area contributed by atoms with Gasteiger partial charge in [0.15, 0.2) is 0 Å². The summed E-state index contributed by atoms with van der Waals surface area (Å²) in [6, 6.07) is 8.40. The lowest BCUT2D eigenvalue weighted by Crippen LogP contribution is -2.52. The first-order valence-corrected chi connectivity index (χ1v) is 10.6. The van der Waals surface area contributed by atoms with Crippen LogP contribution in [0.2, 0.25) is 0 Å². The molecular weight excluding hydrogens is 376 g/mol. The Balaban J connectivity index is 2.25. The Morgan fingerprint density at radius 1 is 1.35 bits per heavy atom. The van der Waals surface area contributed by atoms with E-state index < -0.39 is 10.0 Å². The second kappa shape index (κ2) is 7.21. The van der Waals surface area contributed by atoms with Gasteiger partial charge < -0.3 is 0 Å². The molecule has 1 N–H and O–H groups in total. The Morgan fingerprint density at radius 2 is 2.04 bits per heavy atom. The predicted octanol–water partition coefficient (Wildman–Crippen LogP) is 3.17. The van der Waals surface area contributed by atoms with Crippen LogP contribution in [0.3, 0.4) is 0 Å². The van der Waals surface area contributed by atoms with Crippen molar-refractivity contribution in [2.75, 3.05) is 12.3 Å². The SMILES string of the molecule is CCS(=O)(=O)NC1CCN(C(C)(C)C)C1Cc1cccc(Br)c1. The van der Waals surface area contributed by atoms with E-state index in [1.165, 1.54) is 5.56 Å². The van der Waals surface area contributed by atoms with Gasteiger partial charge in [0.1, 0.15) is 0 Å². The Bertz CT molecular complexity index is 640. The number of nitrogens with zero attached hydrogens (tertiary/aromatic N) is 1. The number of nitrogens with one attached hydrogen (secondary N) is 1. The molecule has 1 saturated heterocycles. The first kappa shape index (κ1) is 18.9. The lowest BCUT2D eigenvalue weighted by molar-refractivity contribution is 0.115. The van der Waals surface area contributed by atoms with Crippen molar-refractivity contribution in [3.8, 4) is 0 Å². The molecule has 2 atom stereocenters. The molecule has 0 aromatic heterocycles. The van der Waals surface area contributed by atoms with Crippen LogP contribution in [0.1, 0.15) is 39.7 Å². The highest BCUT2D eigenvalue weighted by molar-refractivity contribution is 9.10. The molecule has 0 aliphatic carbocycles. The standard InChI is InChI=1S/C17H27BrN2O2S/c1-5-23(21,22)19-15-9-10-20(17(2,3)4)16(15)12-13-7-6-8-14(18)11-13/h6-8,11,15-16,19H,5,9-10,12H2,1-4H3. The molecule has 0 spiro atoms. The fraction of sp³-hybridized carbons (Fsp3) is 0.647. The average molecular weight is 403 g/mol. The van der Waals surface area contributed by atoms with Gasteiger partial charge in [0.05, 0.1) is 5.75 Å². The number of hydrogen-bond donors (Lipinski definition) is 1. The van der Waals surface area contributed by atoms with Gasteiger partial charge >= 0.3 is 0 Å². The zero-order chi connectivity index (χ0) is 17.3. The Hall–Kier alpha value is -0.430. The van der Waals surface area contributed by atoms with Crippen molar-refractivity contribution in [1.29, 1.82) is 0 Å². The molecule has 23 heavy (non-hydrogen) atoms. The summed E-state index contributed by atoms with van der Waals surface area (Å²) in [7, 11) is -3.19. The zero-order valence-corrected chi connectivity index (χ0v) is 16.7. The number of benzene rings is 1. The number of halogens is 1. The summed E-state index contributed by atoms with van der Waals surface area (Å²) >= 11 is 3.52. The summed E-state index contributed by atoms with van der Waals surface area (Å²) in [5, 5.41) is 0. The van der Waals surface area contributed by atoms with Crippen molar-refractivity contribution in [3.05, 3.63) is 34.3 Å². The van der Waals surface area contributed by atoms with Crippen LogP contribution in [0, 0.1) is 0 Å². The third kappa shape index (κ3) is 5.02. The summed E-state index contributed by atoms with van der Waals surface area (Å²) in [5.74, 6) is 0.128. The van der Waals surface area contributed by atoms with E-state index >= 15 is 0 Å². The van der Waals surface area contributed by atoms with Gasteiger partial charge in [-0.2, -0.15) is 0 Å². The van der Waals surface area contributed by atoms with Crippen molar-refractivity contribution in [1.82, 2.24) is 9.62 Å². The van der Waals surface area contributed by atoms with E-state index in [2.05, 4.69) is 58.5 Å². The van der Waals surface area contributed by atoms with Crippen LogP contribution in [0.5, 0.6) is 0 Å². The summed E-state index contributed by atoms with van der Waals surface area (Å²) in [5.41, 5.74) is 1.24. The topological polar surface area (TPSA) is 49.4 Å². The monoisotopic (exact) mass is 402 g/mol. The minimum Gasteiger partial charge on any atom is -0.294 e. The van der Waals surface area contributed by atoms with E-state index in [-0.39, 0.29) is 23.4 Å². The molecule has 1 heterocycles. The molecule has 130 valence electrons. The quantitative estimate of drug-likeness (QED) is 0.822. The van der Waals surface area contributed by atoms with Crippen molar-refractivity contribution in [2.45, 2.75) is 58.2 Å². The van der Waals surface area contributed by atoms with E-state index in [0.29, 0.717) is 0 Å². The highest BCUT2D eigenvalue weighted by atomic mass is 79.9. The summed E-state index contributed by atoms with van der Waals surface area (Å²) in [4.78, 5) is 2.43. The molecule has 2 unspecified atom stereocenters. The van der Waals surface area contributed by atoms with Crippen LogP contribution in [-0.2, 0) is 16.4 Å². The first-order chi connectivity index (χ1) is 10.6. The van der Waals surface area contributed by atoms with Crippen LogP contribution >= 0.6 is 15.9 Å². The molecule has 1 aliphatic heterocycles. The normalized spacial score (nSPS) is 23.3. The van der Waals surface area contributed by atoms with Crippen molar-refractivity contribution in [2.24, 2.45) is 0 Å². The number of hydrogen-bond acceptors (Lipinski definition) is 3. The minimum absolute atomic E-state index is 0.0170. The second-order valence-electron chi connectivity index (χ2n) is 7.18. The first-order valence-electron chi connectivity index (χ1n) is 8.13. The lowest BCUT2D eigenvalue weighted by Gasteiger charge is -2.38. The molecular formula is C17H27BrN2O2S. The van der Waals surface area contributed by atoms with Gasteiger partial charge in [-0.3, -0.25) is 4.90 Å². The smallest absolute Gasteiger partial charge is 0.211 e. The van der Waals surface area contributed by atoms with Gasteiger partial charge in [0.25, 0.3) is 0 Å². The van der Waals surface area contributed by atoms with E-state index in [9.17, 15) is 8.42 Å². The van der Waals surface area contributed by atoms with Crippen LogP contribution in [-0.4, -0.2) is 43.2 Å². The van der Waals surface area contributed by atoms with E-state index in [1.54, 1.807) is 6.92 Å². The van der Waals surface area contributed by atoms with Crippen molar-refractivity contribution in [3.63, 3.8) is 0 Å². The highest BCUT2D eigenvalue weighted by Crippen LogP contribution is 2.30. The maximum atomic E-state index is 12.0. The van der Waals surface area contributed by atoms with Crippen LogP contribution in [0.25, 0.3) is 0 Å². The molecule has 0 saturated carbocycles. The van der Waals surface area contributed by atoms with E-state index in [1.807, 2.05) is 12.1 Å². The zero-order valence-electron chi connectivity index (χ0n) is 14.3. The van der Waals surface area contributed by atoms with Crippen molar-refractivity contribution >= 4 is 26.0 Å². The van der Waals surface area contributed by atoms with Gasteiger partial charge in [-0.05, 0) is 58.2 Å². The number of likely N-dealkylation sites (tertiary alicyclic amines) is 1. The molecule has 1 aliphatic rings. The molecule has 1 aromatic rings. The summed E-state index contributed by atoms with van der Waals surface area (Å²) in [6.07, 6.45) is 1.70. The van der Waals surface area contributed by atoms with E-state index in [4.69, 9.17) is 0 Å². The maximum absolute atomic E-state index is 12.0. The highest BCUT2D eigenvalue weighted by Gasteiger charge is 2.40. The molecule has 0 amide bonds. The molecule has 6 heteroatoms. The van der Waals surface area contributed by atoms with Gasteiger partial charge in [0.2, 0.25) is 10.0 Å². The Morgan fingerprint density at radius 3 is 2.61 bits per heavy atom. The Kier molecular flexibility index (Phi) is 5.93. The van der Waals surface area contributed by atoms with Gasteiger partial charge in [-0.1, -0.05) is 28.1 Å². The molecule has 0 radical (unpaired) electrons. The van der Waals surface area contributed by atoms with Gasteiger partial charge in [-0.25, -0.2) is 13.1 Å². The molecule has 1 fully saturated rings. The van der Waals surface area contributed by atoms with E-state index in [0.717, 1.165) is 23.9 Å². The molecule has 1 aromatic carbocycles. The van der Waals surface area contributed by atoms with Crippen LogP contribution in [0.4, 0.5) is 0 Å². The lowest BCUT2D eigenvalue weighted by atomic mass is 9.97. The fourth-order valence-electron chi connectivity index (χ4n) is 3.30. The number of rotatable bonds is 5. The van der Waals surface area contributed by atoms with Crippen LogP contribution in [0.15, 0.2) is 28.7 Å².